The molecular weight excluding hydrogens is 282 g/mol. The van der Waals surface area contributed by atoms with Crippen molar-refractivity contribution in [3.05, 3.63) is 23.5 Å². The first kappa shape index (κ1) is 15.1. The maximum absolute atomic E-state index is 12.7. The number of aryl methyl sites for hydroxylation is 1. The first-order valence-corrected chi connectivity index (χ1v) is 7.84. The molecule has 2 aliphatic heterocycles. The lowest BCUT2D eigenvalue weighted by Crippen LogP contribution is -2.53. The lowest BCUT2D eigenvalue weighted by molar-refractivity contribution is -0.135. The van der Waals surface area contributed by atoms with Gasteiger partial charge in [-0.15, -0.1) is 0 Å². The van der Waals surface area contributed by atoms with Crippen LogP contribution in [0, 0.1) is 6.92 Å². The normalized spacial score (nSPS) is 21.0. The van der Waals surface area contributed by atoms with Crippen molar-refractivity contribution in [3.63, 3.8) is 0 Å². The summed E-state index contributed by atoms with van der Waals surface area (Å²) in [7, 11) is 1.79. The fraction of sp³-hybridized carbons (Fsp3) is 0.625. The zero-order valence-corrected chi connectivity index (χ0v) is 13.5. The van der Waals surface area contributed by atoms with Crippen LogP contribution >= 0.6 is 0 Å². The average Bonchev–Trinajstić information content (AvgIpc) is 3.03. The minimum absolute atomic E-state index is 0.0237. The number of carbonyl (C=O) groups excluding carboxylic acids is 2. The summed E-state index contributed by atoms with van der Waals surface area (Å²) in [4.78, 5) is 27.9. The number of ether oxygens (including phenoxy) is 1. The fourth-order valence-corrected chi connectivity index (χ4v) is 3.45. The lowest BCUT2D eigenvalue weighted by atomic mass is 9.98. The summed E-state index contributed by atoms with van der Waals surface area (Å²) in [6, 6.07) is 1.90. The van der Waals surface area contributed by atoms with Crippen LogP contribution in [0.5, 0.6) is 0 Å². The molecule has 2 saturated heterocycles. The number of piperidine rings is 1. The largest absolute Gasteiger partial charge is 0.351 e. The van der Waals surface area contributed by atoms with Gasteiger partial charge < -0.3 is 19.1 Å². The van der Waals surface area contributed by atoms with Crippen LogP contribution in [0.15, 0.2) is 12.3 Å². The fourth-order valence-electron chi connectivity index (χ4n) is 3.45. The third-order valence-corrected chi connectivity index (χ3v) is 5.09. The summed E-state index contributed by atoms with van der Waals surface area (Å²) < 4.78 is 7.79. The quantitative estimate of drug-likeness (QED) is 0.826. The molecule has 0 aromatic carbocycles. The second-order valence-corrected chi connectivity index (χ2v) is 6.08. The first-order chi connectivity index (χ1) is 10.5. The van der Waals surface area contributed by atoms with Crippen LogP contribution in [0.2, 0.25) is 0 Å². The highest BCUT2D eigenvalue weighted by Crippen LogP contribution is 2.34. The Bertz CT molecular complexity index is 600. The third-order valence-electron chi connectivity index (χ3n) is 5.09. The number of aromatic nitrogens is 1. The van der Waals surface area contributed by atoms with Gasteiger partial charge in [-0.25, -0.2) is 0 Å². The molecule has 120 valence electrons. The summed E-state index contributed by atoms with van der Waals surface area (Å²) in [6.45, 7) is 6.30. The van der Waals surface area contributed by atoms with Gasteiger partial charge in [-0.2, -0.15) is 0 Å². The Kier molecular flexibility index (Phi) is 3.72. The van der Waals surface area contributed by atoms with Crippen LogP contribution in [0.25, 0.3) is 0 Å². The molecule has 0 radical (unpaired) electrons. The Morgan fingerprint density at radius 1 is 1.36 bits per heavy atom. The highest BCUT2D eigenvalue weighted by Gasteiger charge is 2.47. The van der Waals surface area contributed by atoms with Gasteiger partial charge >= 0.3 is 0 Å². The van der Waals surface area contributed by atoms with E-state index < -0.39 is 5.72 Å². The lowest BCUT2D eigenvalue weighted by Gasteiger charge is -2.42. The Morgan fingerprint density at radius 2 is 2.05 bits per heavy atom. The van der Waals surface area contributed by atoms with Crippen molar-refractivity contribution in [1.29, 1.82) is 0 Å². The molecule has 2 fully saturated rings. The molecule has 2 amide bonds. The van der Waals surface area contributed by atoms with Gasteiger partial charge in [-0.05, 0) is 19.9 Å². The van der Waals surface area contributed by atoms with Gasteiger partial charge in [0.25, 0.3) is 11.8 Å². The number of nitrogens with zero attached hydrogens (tertiary/aromatic N) is 3. The van der Waals surface area contributed by atoms with Crippen molar-refractivity contribution >= 4 is 11.8 Å². The van der Waals surface area contributed by atoms with Gasteiger partial charge in [0.05, 0.1) is 5.56 Å². The molecule has 22 heavy (non-hydrogen) atoms. The van der Waals surface area contributed by atoms with E-state index in [1.807, 2.05) is 24.1 Å². The summed E-state index contributed by atoms with van der Waals surface area (Å²) >= 11 is 0. The highest BCUT2D eigenvalue weighted by atomic mass is 16.5. The molecule has 6 heteroatoms. The van der Waals surface area contributed by atoms with Crippen LogP contribution in [-0.2, 0) is 16.1 Å². The third kappa shape index (κ3) is 2.22. The number of likely N-dealkylation sites (N-methyl/N-ethyl adjacent to an activating group) is 1. The number of amides is 2. The molecule has 3 rings (SSSR count). The van der Waals surface area contributed by atoms with Gasteiger partial charge in [0.2, 0.25) is 0 Å². The van der Waals surface area contributed by atoms with Crippen molar-refractivity contribution < 1.29 is 14.3 Å². The van der Waals surface area contributed by atoms with Crippen LogP contribution in [0.4, 0.5) is 0 Å². The smallest absolute Gasteiger partial charge is 0.255 e. The van der Waals surface area contributed by atoms with Gasteiger partial charge in [0, 0.05) is 51.4 Å². The molecule has 1 aromatic heterocycles. The molecule has 0 N–H and O–H groups in total. The number of hydrogen-bond acceptors (Lipinski definition) is 3. The van der Waals surface area contributed by atoms with E-state index in [-0.39, 0.29) is 18.4 Å². The van der Waals surface area contributed by atoms with Crippen LogP contribution in [-0.4, -0.2) is 58.7 Å². The number of carbonyl (C=O) groups is 2. The molecule has 0 atom stereocenters. The summed E-state index contributed by atoms with van der Waals surface area (Å²) in [6.07, 6.45) is 3.31. The Hall–Kier alpha value is -1.82. The minimum atomic E-state index is -0.502. The van der Waals surface area contributed by atoms with E-state index in [1.165, 1.54) is 0 Å². The predicted octanol–water partition coefficient (Wildman–Crippen LogP) is 1.24. The SMILES string of the molecule is CCn1ccc(C(=O)N2CCC3(CC2)OCC(=O)N3C)c1C. The molecule has 0 bridgehead atoms. The van der Waals surface area contributed by atoms with E-state index in [9.17, 15) is 9.59 Å². The zero-order valence-electron chi connectivity index (χ0n) is 13.5. The first-order valence-electron chi connectivity index (χ1n) is 7.84. The van der Waals surface area contributed by atoms with Crippen LogP contribution in [0.1, 0.15) is 35.8 Å². The number of likely N-dealkylation sites (tertiary alicyclic amines) is 1. The van der Waals surface area contributed by atoms with Crippen molar-refractivity contribution in [3.8, 4) is 0 Å². The van der Waals surface area contributed by atoms with E-state index in [1.54, 1.807) is 11.9 Å². The van der Waals surface area contributed by atoms with Crippen LogP contribution < -0.4 is 0 Å². The standard InChI is InChI=1S/C16H23N3O3/c1-4-18-8-5-13(12(18)2)15(21)19-9-6-16(7-10-19)17(3)14(20)11-22-16/h5,8H,4,6-7,9-11H2,1-3H3. The molecule has 1 spiro atoms. The van der Waals surface area contributed by atoms with E-state index in [2.05, 4.69) is 11.5 Å². The topological polar surface area (TPSA) is 54.8 Å². The molecule has 0 saturated carbocycles. The van der Waals surface area contributed by atoms with Crippen molar-refractivity contribution in [2.75, 3.05) is 26.7 Å². The average molecular weight is 305 g/mol. The predicted molar refractivity (Wildman–Crippen MR) is 81.4 cm³/mol. The highest BCUT2D eigenvalue weighted by molar-refractivity contribution is 5.95. The van der Waals surface area contributed by atoms with Gasteiger partial charge in [0.1, 0.15) is 12.3 Å². The van der Waals surface area contributed by atoms with E-state index in [0.29, 0.717) is 25.9 Å². The molecule has 0 aliphatic carbocycles. The summed E-state index contributed by atoms with van der Waals surface area (Å²) in [5, 5.41) is 0. The van der Waals surface area contributed by atoms with Gasteiger partial charge in [-0.3, -0.25) is 9.59 Å². The molecule has 6 nitrogen and oxygen atoms in total. The maximum Gasteiger partial charge on any atom is 0.255 e. The number of rotatable bonds is 2. The molecule has 0 unspecified atom stereocenters. The Labute approximate surface area is 130 Å². The maximum atomic E-state index is 12.7. The summed E-state index contributed by atoms with van der Waals surface area (Å²) in [5.41, 5.74) is 1.28. The molecule has 2 aliphatic rings. The van der Waals surface area contributed by atoms with Gasteiger partial charge in [-0.1, -0.05) is 0 Å². The molecule has 1 aromatic rings. The van der Waals surface area contributed by atoms with Crippen LogP contribution in [0.3, 0.4) is 0 Å². The summed E-state index contributed by atoms with van der Waals surface area (Å²) in [5.74, 6) is 0.0992. The Morgan fingerprint density at radius 3 is 2.55 bits per heavy atom. The Balaban J connectivity index is 1.70. The van der Waals surface area contributed by atoms with E-state index in [4.69, 9.17) is 4.74 Å². The minimum Gasteiger partial charge on any atom is -0.351 e. The number of hydrogen-bond donors (Lipinski definition) is 0. The zero-order chi connectivity index (χ0) is 15.9. The van der Waals surface area contributed by atoms with Gasteiger partial charge in [0.15, 0.2) is 0 Å². The van der Waals surface area contributed by atoms with E-state index >= 15 is 0 Å². The van der Waals surface area contributed by atoms with Crippen molar-refractivity contribution in [2.24, 2.45) is 0 Å². The molecular formula is C16H23N3O3. The van der Waals surface area contributed by atoms with Crippen molar-refractivity contribution in [2.45, 2.75) is 39.0 Å². The molecule has 3 heterocycles. The second kappa shape index (κ2) is 5.43. The second-order valence-electron chi connectivity index (χ2n) is 6.08. The van der Waals surface area contributed by atoms with Crippen molar-refractivity contribution in [1.82, 2.24) is 14.4 Å². The van der Waals surface area contributed by atoms with E-state index in [0.717, 1.165) is 17.8 Å². The monoisotopic (exact) mass is 305 g/mol.